The zero-order chi connectivity index (χ0) is 15.7. The molecule has 122 valence electrons. The lowest BCUT2D eigenvalue weighted by molar-refractivity contribution is 0.0638. The molecule has 4 nitrogen and oxygen atoms in total. The van der Waals surface area contributed by atoms with E-state index in [4.69, 9.17) is 4.74 Å². The van der Waals surface area contributed by atoms with Crippen LogP contribution in [0, 0.1) is 11.2 Å². The van der Waals surface area contributed by atoms with E-state index in [1.165, 1.54) is 25.3 Å². The van der Waals surface area contributed by atoms with Gasteiger partial charge in [0.25, 0.3) is 0 Å². The summed E-state index contributed by atoms with van der Waals surface area (Å²) >= 11 is 0. The van der Waals surface area contributed by atoms with Gasteiger partial charge in [-0.1, -0.05) is 12.1 Å². The van der Waals surface area contributed by atoms with Gasteiger partial charge in [-0.05, 0) is 44.0 Å². The van der Waals surface area contributed by atoms with Crippen LogP contribution in [0.1, 0.15) is 25.0 Å². The van der Waals surface area contributed by atoms with Crippen molar-refractivity contribution in [3.8, 4) is 5.69 Å². The zero-order valence-corrected chi connectivity index (χ0v) is 13.2. The first-order chi connectivity index (χ1) is 11.2. The molecule has 1 aromatic heterocycles. The van der Waals surface area contributed by atoms with E-state index >= 15 is 0 Å². The second kappa shape index (κ2) is 6.06. The van der Waals surface area contributed by atoms with Gasteiger partial charge >= 0.3 is 0 Å². The number of likely N-dealkylation sites (tertiary alicyclic amines) is 1. The number of ether oxygens (including phenoxy) is 1. The van der Waals surface area contributed by atoms with Crippen molar-refractivity contribution in [3.05, 3.63) is 48.0 Å². The molecule has 0 aliphatic carbocycles. The van der Waals surface area contributed by atoms with Crippen LogP contribution in [0.25, 0.3) is 5.69 Å². The van der Waals surface area contributed by atoms with Gasteiger partial charge < -0.3 is 4.74 Å². The van der Waals surface area contributed by atoms with Gasteiger partial charge in [-0.15, -0.1) is 0 Å². The summed E-state index contributed by atoms with van der Waals surface area (Å²) in [5.74, 6) is -0.248. The first kappa shape index (κ1) is 14.8. The fraction of sp³-hybridized carbons (Fsp3) is 0.500. The van der Waals surface area contributed by atoms with Crippen molar-refractivity contribution >= 4 is 0 Å². The second-order valence-electron chi connectivity index (χ2n) is 6.82. The molecule has 0 bridgehead atoms. The second-order valence-corrected chi connectivity index (χ2v) is 6.82. The van der Waals surface area contributed by atoms with Gasteiger partial charge in [0.15, 0.2) is 0 Å². The third kappa shape index (κ3) is 3.03. The van der Waals surface area contributed by atoms with Gasteiger partial charge in [-0.25, -0.2) is 9.07 Å². The first-order valence-electron chi connectivity index (χ1n) is 8.34. The molecule has 0 saturated carbocycles. The number of piperidine rings is 1. The van der Waals surface area contributed by atoms with Crippen LogP contribution in [0.5, 0.6) is 0 Å². The minimum absolute atomic E-state index is 0.248. The van der Waals surface area contributed by atoms with Crippen LogP contribution in [-0.2, 0) is 11.3 Å². The third-order valence-electron chi connectivity index (χ3n) is 5.05. The maximum absolute atomic E-state index is 13.9. The van der Waals surface area contributed by atoms with Gasteiger partial charge in [0.2, 0.25) is 0 Å². The molecule has 2 saturated heterocycles. The van der Waals surface area contributed by atoms with Gasteiger partial charge in [0, 0.05) is 31.3 Å². The highest BCUT2D eigenvalue weighted by Crippen LogP contribution is 2.37. The van der Waals surface area contributed by atoms with Crippen molar-refractivity contribution in [2.75, 3.05) is 26.3 Å². The maximum Gasteiger partial charge on any atom is 0.148 e. The van der Waals surface area contributed by atoms with Crippen molar-refractivity contribution in [2.45, 2.75) is 25.8 Å². The molecule has 4 rings (SSSR count). The Labute approximate surface area is 135 Å². The number of halogens is 1. The molecule has 0 amide bonds. The molecule has 1 aromatic carbocycles. The summed E-state index contributed by atoms with van der Waals surface area (Å²) in [6.45, 7) is 4.81. The summed E-state index contributed by atoms with van der Waals surface area (Å²) in [6, 6.07) is 8.72. The van der Waals surface area contributed by atoms with Gasteiger partial charge in [0.1, 0.15) is 11.5 Å². The highest BCUT2D eigenvalue weighted by atomic mass is 19.1. The van der Waals surface area contributed by atoms with E-state index in [-0.39, 0.29) is 5.82 Å². The van der Waals surface area contributed by atoms with Crippen molar-refractivity contribution < 1.29 is 9.13 Å². The third-order valence-corrected chi connectivity index (χ3v) is 5.05. The Balaban J connectivity index is 1.46. The summed E-state index contributed by atoms with van der Waals surface area (Å²) in [4.78, 5) is 2.46. The molecular formula is C18H22FN3O. The molecule has 2 fully saturated rings. The van der Waals surface area contributed by atoms with Crippen LogP contribution in [0.2, 0.25) is 0 Å². The quantitative estimate of drug-likeness (QED) is 0.872. The number of benzene rings is 1. The molecule has 0 N–H and O–H groups in total. The number of rotatable bonds is 3. The fourth-order valence-electron chi connectivity index (χ4n) is 3.86. The van der Waals surface area contributed by atoms with E-state index in [0.29, 0.717) is 11.1 Å². The van der Waals surface area contributed by atoms with E-state index in [0.717, 1.165) is 38.5 Å². The fourth-order valence-corrected chi connectivity index (χ4v) is 3.86. The normalized spacial score (nSPS) is 25.3. The van der Waals surface area contributed by atoms with Crippen LogP contribution < -0.4 is 0 Å². The van der Waals surface area contributed by atoms with E-state index in [1.807, 2.05) is 18.3 Å². The average Bonchev–Trinajstić information content (AvgIpc) is 3.18. The van der Waals surface area contributed by atoms with Gasteiger partial charge in [-0.3, -0.25) is 4.90 Å². The summed E-state index contributed by atoms with van der Waals surface area (Å²) in [7, 11) is 0. The SMILES string of the molecule is Fc1ccccc1-n1ccc(CN2CCCC3(CCOC3)C2)n1. The molecule has 1 atom stereocenters. The highest BCUT2D eigenvalue weighted by molar-refractivity contribution is 5.32. The van der Waals surface area contributed by atoms with E-state index < -0.39 is 0 Å². The lowest BCUT2D eigenvalue weighted by Gasteiger charge is -2.39. The molecule has 1 unspecified atom stereocenters. The van der Waals surface area contributed by atoms with Crippen molar-refractivity contribution in [3.63, 3.8) is 0 Å². The standard InChI is InChI=1S/C18H22FN3O/c19-16-4-1-2-5-17(16)22-10-6-15(20-22)12-21-9-3-7-18(13-21)8-11-23-14-18/h1-2,4-6,10H,3,7-9,11-14H2. The highest BCUT2D eigenvalue weighted by Gasteiger charge is 2.38. The van der Waals surface area contributed by atoms with E-state index in [2.05, 4.69) is 10.00 Å². The molecule has 3 heterocycles. The Kier molecular flexibility index (Phi) is 3.91. The minimum Gasteiger partial charge on any atom is -0.381 e. The summed E-state index contributed by atoms with van der Waals surface area (Å²) in [5.41, 5.74) is 1.84. The predicted octanol–water partition coefficient (Wildman–Crippen LogP) is 3.01. The Morgan fingerprint density at radius 3 is 2.96 bits per heavy atom. The number of aromatic nitrogens is 2. The van der Waals surface area contributed by atoms with E-state index in [9.17, 15) is 4.39 Å². The largest absolute Gasteiger partial charge is 0.381 e. The molecule has 1 spiro atoms. The van der Waals surface area contributed by atoms with Crippen LogP contribution in [-0.4, -0.2) is 41.0 Å². The van der Waals surface area contributed by atoms with Crippen molar-refractivity contribution in [1.82, 2.24) is 14.7 Å². The van der Waals surface area contributed by atoms with Crippen LogP contribution in [0.3, 0.4) is 0 Å². The number of nitrogens with zero attached hydrogens (tertiary/aromatic N) is 3. The van der Waals surface area contributed by atoms with E-state index in [1.54, 1.807) is 16.8 Å². The van der Waals surface area contributed by atoms with Crippen molar-refractivity contribution in [1.29, 1.82) is 0 Å². The summed E-state index contributed by atoms with van der Waals surface area (Å²) < 4.78 is 21.1. The number of hydrogen-bond acceptors (Lipinski definition) is 3. The number of para-hydroxylation sites is 1. The smallest absolute Gasteiger partial charge is 0.148 e. The van der Waals surface area contributed by atoms with Gasteiger partial charge in [0.05, 0.1) is 12.3 Å². The van der Waals surface area contributed by atoms with Crippen LogP contribution in [0.4, 0.5) is 4.39 Å². The summed E-state index contributed by atoms with van der Waals surface area (Å²) in [6.07, 6.45) is 5.50. The Hall–Kier alpha value is -1.72. The lowest BCUT2D eigenvalue weighted by Crippen LogP contribution is -2.43. The zero-order valence-electron chi connectivity index (χ0n) is 13.2. The topological polar surface area (TPSA) is 30.3 Å². The van der Waals surface area contributed by atoms with Gasteiger partial charge in [-0.2, -0.15) is 5.10 Å². The minimum atomic E-state index is -0.248. The Morgan fingerprint density at radius 2 is 2.13 bits per heavy atom. The Morgan fingerprint density at radius 1 is 1.22 bits per heavy atom. The predicted molar refractivity (Wildman–Crippen MR) is 85.9 cm³/mol. The molecule has 0 radical (unpaired) electrons. The molecule has 2 aliphatic rings. The number of hydrogen-bond donors (Lipinski definition) is 0. The molecule has 23 heavy (non-hydrogen) atoms. The van der Waals surface area contributed by atoms with Crippen LogP contribution in [0.15, 0.2) is 36.5 Å². The molecule has 2 aliphatic heterocycles. The maximum atomic E-state index is 13.9. The monoisotopic (exact) mass is 315 g/mol. The Bertz CT molecular complexity index is 678. The first-order valence-corrected chi connectivity index (χ1v) is 8.34. The molecule has 5 heteroatoms. The lowest BCUT2D eigenvalue weighted by atomic mass is 9.79. The summed E-state index contributed by atoms with van der Waals surface area (Å²) in [5, 5.41) is 4.55. The molecule has 2 aromatic rings. The van der Waals surface area contributed by atoms with Crippen molar-refractivity contribution in [2.24, 2.45) is 5.41 Å². The van der Waals surface area contributed by atoms with Crippen LogP contribution >= 0.6 is 0 Å². The average molecular weight is 315 g/mol. The molecular weight excluding hydrogens is 293 g/mol.